The Bertz CT molecular complexity index is 625. The van der Waals surface area contributed by atoms with Crippen LogP contribution >= 0.6 is 46.4 Å². The highest BCUT2D eigenvalue weighted by molar-refractivity contribution is 6.19. The lowest BCUT2D eigenvalue weighted by Gasteiger charge is -2.09. The Kier molecular flexibility index (Phi) is 6.58. The van der Waals surface area contributed by atoms with Gasteiger partial charge in [-0.1, -0.05) is 24.3 Å². The molecule has 0 aromatic heterocycles. The summed E-state index contributed by atoms with van der Waals surface area (Å²) in [6.45, 7) is 0. The quantitative estimate of drug-likeness (QED) is 0.455. The van der Waals surface area contributed by atoms with E-state index in [2.05, 4.69) is 0 Å². The fourth-order valence-electron chi connectivity index (χ4n) is 2.21. The van der Waals surface area contributed by atoms with Crippen LogP contribution in [-0.2, 0) is 23.5 Å². The third-order valence-corrected chi connectivity index (χ3v) is 4.66. The Morgan fingerprint density at radius 2 is 1.00 bits per heavy atom. The van der Waals surface area contributed by atoms with E-state index < -0.39 is 0 Å². The van der Waals surface area contributed by atoms with Crippen molar-refractivity contribution in [3.8, 4) is 0 Å². The molecule has 0 radical (unpaired) electrons. The van der Waals surface area contributed by atoms with Crippen molar-refractivity contribution in [1.29, 1.82) is 0 Å². The summed E-state index contributed by atoms with van der Waals surface area (Å²) in [6.07, 6.45) is 0. The van der Waals surface area contributed by atoms with Gasteiger partial charge in [-0.05, 0) is 34.4 Å². The van der Waals surface area contributed by atoms with Crippen LogP contribution in [0.2, 0.25) is 0 Å². The second kappa shape index (κ2) is 8.21. The maximum atomic E-state index is 12.6. The zero-order valence-electron chi connectivity index (χ0n) is 11.7. The first kappa shape index (κ1) is 17.6. The van der Waals surface area contributed by atoms with Crippen LogP contribution in [-0.4, -0.2) is 5.78 Å². The number of hydrogen-bond acceptors (Lipinski definition) is 1. The van der Waals surface area contributed by atoms with Gasteiger partial charge in [0.2, 0.25) is 0 Å². The van der Waals surface area contributed by atoms with Crippen LogP contribution < -0.4 is 0 Å². The van der Waals surface area contributed by atoms with Gasteiger partial charge in [0.1, 0.15) is 0 Å². The van der Waals surface area contributed by atoms with Gasteiger partial charge in [-0.2, -0.15) is 0 Å². The molecular weight excluding hydrogens is 362 g/mol. The van der Waals surface area contributed by atoms with E-state index in [1.54, 1.807) is 24.3 Å². The topological polar surface area (TPSA) is 17.1 Å². The molecule has 0 heterocycles. The van der Waals surface area contributed by atoms with E-state index >= 15 is 0 Å². The molecule has 116 valence electrons. The normalized spacial score (nSPS) is 10.7. The number of alkyl halides is 4. The number of ketones is 1. The lowest BCUT2D eigenvalue weighted by atomic mass is 9.97. The summed E-state index contributed by atoms with van der Waals surface area (Å²) in [5, 5.41) is 0. The van der Waals surface area contributed by atoms with Gasteiger partial charge in [-0.3, -0.25) is 4.79 Å². The lowest BCUT2D eigenvalue weighted by Crippen LogP contribution is -2.04. The van der Waals surface area contributed by atoms with Crippen molar-refractivity contribution in [2.75, 3.05) is 0 Å². The monoisotopic (exact) mass is 374 g/mol. The maximum Gasteiger partial charge on any atom is 0.193 e. The minimum atomic E-state index is -0.0695. The van der Waals surface area contributed by atoms with Crippen LogP contribution in [0.15, 0.2) is 36.4 Å². The van der Waals surface area contributed by atoms with Crippen molar-refractivity contribution in [2.24, 2.45) is 0 Å². The van der Waals surface area contributed by atoms with Gasteiger partial charge in [0.15, 0.2) is 5.78 Å². The van der Waals surface area contributed by atoms with Gasteiger partial charge in [0.05, 0.1) is 0 Å². The number of carbonyl (C=O) groups excluding carboxylic acids is 1. The molecule has 0 saturated carbocycles. The van der Waals surface area contributed by atoms with Crippen molar-refractivity contribution in [3.63, 3.8) is 0 Å². The molecule has 0 aliphatic heterocycles. The number of benzene rings is 2. The van der Waals surface area contributed by atoms with E-state index in [4.69, 9.17) is 46.4 Å². The minimum absolute atomic E-state index is 0.0695. The molecule has 2 aromatic carbocycles. The highest BCUT2D eigenvalue weighted by Crippen LogP contribution is 2.22. The molecule has 0 amide bonds. The molecule has 2 aromatic rings. The second-order valence-corrected chi connectivity index (χ2v) is 5.90. The van der Waals surface area contributed by atoms with Crippen molar-refractivity contribution in [2.45, 2.75) is 23.5 Å². The summed E-state index contributed by atoms with van der Waals surface area (Å²) in [4.78, 5) is 12.6. The molecule has 0 aliphatic carbocycles. The molecule has 0 atom stereocenters. The van der Waals surface area contributed by atoms with Crippen molar-refractivity contribution >= 4 is 52.2 Å². The van der Waals surface area contributed by atoms with Crippen molar-refractivity contribution in [1.82, 2.24) is 0 Å². The van der Waals surface area contributed by atoms with Crippen LogP contribution in [0.3, 0.4) is 0 Å². The molecule has 0 N–H and O–H groups in total. The van der Waals surface area contributed by atoms with E-state index in [-0.39, 0.29) is 5.78 Å². The summed E-state index contributed by atoms with van der Waals surface area (Å²) in [5.74, 6) is 1.32. The van der Waals surface area contributed by atoms with E-state index in [0.717, 1.165) is 22.3 Å². The number of hydrogen-bond donors (Lipinski definition) is 0. The number of rotatable bonds is 6. The Hall–Kier alpha value is -0.730. The van der Waals surface area contributed by atoms with Gasteiger partial charge in [-0.15, -0.1) is 46.4 Å². The molecule has 5 heteroatoms. The van der Waals surface area contributed by atoms with Crippen LogP contribution in [0.4, 0.5) is 0 Å². The minimum Gasteiger partial charge on any atom is -0.289 e. The molecule has 2 rings (SSSR count). The molecule has 0 aliphatic rings. The third kappa shape index (κ3) is 3.78. The summed E-state index contributed by atoms with van der Waals surface area (Å²) in [7, 11) is 0. The third-order valence-electron chi connectivity index (χ3n) is 3.51. The van der Waals surface area contributed by atoms with E-state index in [1.165, 1.54) is 0 Å². The molecule has 0 spiro atoms. The van der Waals surface area contributed by atoms with Crippen LogP contribution in [0, 0.1) is 0 Å². The van der Waals surface area contributed by atoms with Crippen molar-refractivity contribution in [3.05, 3.63) is 69.8 Å². The summed E-state index contributed by atoms with van der Waals surface area (Å²) in [5.41, 5.74) is 4.79. The molecule has 0 bridgehead atoms. The molecule has 0 fully saturated rings. The first-order chi connectivity index (χ1) is 10.6. The highest BCUT2D eigenvalue weighted by Gasteiger charge is 2.13. The Morgan fingerprint density at radius 3 is 1.32 bits per heavy atom. The highest BCUT2D eigenvalue weighted by atomic mass is 35.5. The molecule has 0 unspecified atom stereocenters. The first-order valence-corrected chi connectivity index (χ1v) is 8.80. The summed E-state index contributed by atoms with van der Waals surface area (Å²) >= 11 is 23.6. The van der Waals surface area contributed by atoms with Crippen molar-refractivity contribution < 1.29 is 4.79 Å². The Balaban J connectivity index is 2.39. The van der Waals surface area contributed by atoms with Crippen LogP contribution in [0.1, 0.15) is 38.2 Å². The average molecular weight is 376 g/mol. The summed E-state index contributed by atoms with van der Waals surface area (Å²) in [6, 6.07) is 10.8. The van der Waals surface area contributed by atoms with Gasteiger partial charge in [0, 0.05) is 34.6 Å². The van der Waals surface area contributed by atoms with E-state index in [9.17, 15) is 4.79 Å². The smallest absolute Gasteiger partial charge is 0.193 e. The molecular formula is C17H14Cl4O. The average Bonchev–Trinajstić information content (AvgIpc) is 2.59. The second-order valence-electron chi connectivity index (χ2n) is 4.83. The maximum absolute atomic E-state index is 12.6. The standard InChI is InChI=1S/C17H14Cl4O/c18-7-13-3-1-11(5-15(13)9-20)17(22)12-2-4-14(8-19)16(6-12)10-21/h1-6H,7-10H2. The van der Waals surface area contributed by atoms with Gasteiger partial charge in [-0.25, -0.2) is 0 Å². The largest absolute Gasteiger partial charge is 0.289 e. The Labute approximate surface area is 150 Å². The molecule has 0 saturated heterocycles. The fraction of sp³-hybridized carbons (Fsp3) is 0.235. The molecule has 22 heavy (non-hydrogen) atoms. The summed E-state index contributed by atoms with van der Waals surface area (Å²) < 4.78 is 0. The van der Waals surface area contributed by atoms with Crippen LogP contribution in [0.25, 0.3) is 0 Å². The number of halogens is 4. The predicted octanol–water partition coefficient (Wildman–Crippen LogP) is 5.87. The zero-order valence-corrected chi connectivity index (χ0v) is 14.7. The SMILES string of the molecule is O=C(c1ccc(CCl)c(CCl)c1)c1ccc(CCl)c(CCl)c1. The van der Waals surface area contributed by atoms with E-state index in [0.29, 0.717) is 34.6 Å². The fourth-order valence-corrected chi connectivity index (χ4v) is 3.23. The number of carbonyl (C=O) groups is 1. The Morgan fingerprint density at radius 1 is 0.636 bits per heavy atom. The zero-order chi connectivity index (χ0) is 16.1. The van der Waals surface area contributed by atoms with Gasteiger partial charge >= 0.3 is 0 Å². The first-order valence-electron chi connectivity index (χ1n) is 6.66. The van der Waals surface area contributed by atoms with Crippen LogP contribution in [0.5, 0.6) is 0 Å². The van der Waals surface area contributed by atoms with Gasteiger partial charge < -0.3 is 0 Å². The lowest BCUT2D eigenvalue weighted by molar-refractivity contribution is 0.103. The van der Waals surface area contributed by atoms with Gasteiger partial charge in [0.25, 0.3) is 0 Å². The molecule has 1 nitrogen and oxygen atoms in total. The van der Waals surface area contributed by atoms with E-state index in [1.807, 2.05) is 12.1 Å². The predicted molar refractivity (Wildman–Crippen MR) is 94.5 cm³/mol.